The zero-order valence-corrected chi connectivity index (χ0v) is 12.9. The summed E-state index contributed by atoms with van der Waals surface area (Å²) in [6, 6.07) is 13.1. The summed E-state index contributed by atoms with van der Waals surface area (Å²) in [6.45, 7) is 0. The monoisotopic (exact) mass is 329 g/mol. The van der Waals surface area contributed by atoms with E-state index < -0.39 is 11.7 Å². The minimum absolute atomic E-state index is 0.0795. The van der Waals surface area contributed by atoms with E-state index in [1.165, 1.54) is 18.2 Å². The van der Waals surface area contributed by atoms with Gasteiger partial charge in [-0.25, -0.2) is 4.39 Å². The summed E-state index contributed by atoms with van der Waals surface area (Å²) in [5, 5.41) is 10.1. The van der Waals surface area contributed by atoms with Crippen LogP contribution in [-0.4, -0.2) is 22.4 Å². The molecule has 0 spiro atoms. The van der Waals surface area contributed by atoms with E-state index in [1.807, 2.05) is 30.5 Å². The molecule has 3 rings (SSSR count). The van der Waals surface area contributed by atoms with Gasteiger partial charge in [-0.05, 0) is 30.5 Å². The van der Waals surface area contributed by atoms with Gasteiger partial charge in [0.1, 0.15) is 5.82 Å². The number of nitrogens with one attached hydrogen (secondary N) is 1. The Morgan fingerprint density at radius 2 is 1.87 bits per heavy atom. The van der Waals surface area contributed by atoms with E-state index in [1.54, 1.807) is 17.8 Å². The van der Waals surface area contributed by atoms with Gasteiger partial charge in [0.15, 0.2) is 0 Å². The molecule has 23 heavy (non-hydrogen) atoms. The average Bonchev–Trinajstić information content (AvgIpc) is 3.03. The average molecular weight is 329 g/mol. The molecule has 116 valence electrons. The highest BCUT2D eigenvalue weighted by molar-refractivity contribution is 7.98. The van der Waals surface area contributed by atoms with Crippen molar-refractivity contribution in [3.8, 4) is 11.5 Å². The number of hydrogen-bond acceptors (Lipinski definition) is 5. The summed E-state index contributed by atoms with van der Waals surface area (Å²) in [7, 11) is 0. The van der Waals surface area contributed by atoms with Crippen molar-refractivity contribution < 1.29 is 13.6 Å². The number of thioether (sulfide) groups is 1. The highest BCUT2D eigenvalue weighted by atomic mass is 32.2. The molecule has 0 aliphatic rings. The van der Waals surface area contributed by atoms with Crippen molar-refractivity contribution in [1.82, 2.24) is 10.2 Å². The van der Waals surface area contributed by atoms with E-state index >= 15 is 0 Å². The Hall–Kier alpha value is -2.67. The SMILES string of the molecule is CSc1ccccc1-c1nnc(NC(=O)c2ccccc2F)o1. The number of carbonyl (C=O) groups excluding carboxylic acids is 1. The van der Waals surface area contributed by atoms with Crippen LogP contribution in [0.3, 0.4) is 0 Å². The third-order valence-electron chi connectivity index (χ3n) is 3.10. The first-order valence-electron chi connectivity index (χ1n) is 6.72. The van der Waals surface area contributed by atoms with E-state index in [4.69, 9.17) is 4.42 Å². The van der Waals surface area contributed by atoms with Crippen LogP contribution in [0.5, 0.6) is 0 Å². The van der Waals surface area contributed by atoms with Gasteiger partial charge in [0, 0.05) is 4.90 Å². The van der Waals surface area contributed by atoms with Crippen molar-refractivity contribution in [3.05, 3.63) is 59.9 Å². The number of carbonyl (C=O) groups is 1. The largest absolute Gasteiger partial charge is 0.403 e. The number of halogens is 1. The summed E-state index contributed by atoms with van der Waals surface area (Å²) >= 11 is 1.55. The van der Waals surface area contributed by atoms with E-state index in [2.05, 4.69) is 15.5 Å². The normalized spacial score (nSPS) is 10.5. The van der Waals surface area contributed by atoms with Crippen LogP contribution >= 0.6 is 11.8 Å². The summed E-state index contributed by atoms with van der Waals surface area (Å²) in [5.74, 6) is -0.965. The van der Waals surface area contributed by atoms with Gasteiger partial charge in [-0.2, -0.15) is 0 Å². The maximum Gasteiger partial charge on any atom is 0.322 e. The lowest BCUT2D eigenvalue weighted by Crippen LogP contribution is -2.13. The number of nitrogens with zero attached hydrogens (tertiary/aromatic N) is 2. The van der Waals surface area contributed by atoms with Crippen LogP contribution in [0.15, 0.2) is 57.8 Å². The zero-order valence-electron chi connectivity index (χ0n) is 12.1. The van der Waals surface area contributed by atoms with Crippen LogP contribution < -0.4 is 5.32 Å². The molecule has 0 atom stereocenters. The molecule has 5 nitrogen and oxygen atoms in total. The maximum absolute atomic E-state index is 13.6. The Morgan fingerprint density at radius 1 is 1.13 bits per heavy atom. The number of benzene rings is 2. The molecule has 1 aromatic heterocycles. The van der Waals surface area contributed by atoms with E-state index in [0.29, 0.717) is 5.89 Å². The predicted octanol–water partition coefficient (Wildman–Crippen LogP) is 3.85. The fourth-order valence-corrected chi connectivity index (χ4v) is 2.60. The Kier molecular flexibility index (Phi) is 4.38. The zero-order chi connectivity index (χ0) is 16.2. The van der Waals surface area contributed by atoms with Gasteiger partial charge in [0.05, 0.1) is 11.1 Å². The summed E-state index contributed by atoms with van der Waals surface area (Å²) in [4.78, 5) is 13.0. The van der Waals surface area contributed by atoms with Crippen LogP contribution in [0.1, 0.15) is 10.4 Å². The molecule has 0 radical (unpaired) electrons. The predicted molar refractivity (Wildman–Crippen MR) is 85.9 cm³/mol. The van der Waals surface area contributed by atoms with Crippen LogP contribution in [0, 0.1) is 5.82 Å². The van der Waals surface area contributed by atoms with Crippen molar-refractivity contribution in [1.29, 1.82) is 0 Å². The highest BCUT2D eigenvalue weighted by Crippen LogP contribution is 2.29. The highest BCUT2D eigenvalue weighted by Gasteiger charge is 2.16. The molecule has 0 saturated heterocycles. The Balaban J connectivity index is 1.83. The van der Waals surface area contributed by atoms with Gasteiger partial charge in [-0.15, -0.1) is 16.9 Å². The Bertz CT molecular complexity index is 851. The summed E-state index contributed by atoms with van der Waals surface area (Å²) < 4.78 is 19.0. The first-order valence-corrected chi connectivity index (χ1v) is 7.94. The molecule has 2 aromatic carbocycles. The van der Waals surface area contributed by atoms with Crippen molar-refractivity contribution >= 4 is 23.7 Å². The molecule has 0 saturated carbocycles. The number of anilines is 1. The Morgan fingerprint density at radius 3 is 2.65 bits per heavy atom. The van der Waals surface area contributed by atoms with Crippen LogP contribution in [0.4, 0.5) is 10.4 Å². The van der Waals surface area contributed by atoms with Gasteiger partial charge in [-0.1, -0.05) is 29.4 Å². The lowest BCUT2D eigenvalue weighted by Gasteiger charge is -2.02. The molecule has 0 bridgehead atoms. The smallest absolute Gasteiger partial charge is 0.322 e. The number of rotatable bonds is 4. The maximum atomic E-state index is 13.6. The van der Waals surface area contributed by atoms with Crippen LogP contribution in [-0.2, 0) is 0 Å². The first-order chi connectivity index (χ1) is 11.2. The van der Waals surface area contributed by atoms with Crippen molar-refractivity contribution in [3.63, 3.8) is 0 Å². The van der Waals surface area contributed by atoms with E-state index in [-0.39, 0.29) is 11.6 Å². The summed E-state index contributed by atoms with van der Waals surface area (Å²) in [6.07, 6.45) is 1.94. The molecule has 0 unspecified atom stereocenters. The van der Waals surface area contributed by atoms with Gasteiger partial charge in [0.25, 0.3) is 11.8 Å². The summed E-state index contributed by atoms with van der Waals surface area (Å²) in [5.41, 5.74) is 0.690. The fourth-order valence-electron chi connectivity index (χ4n) is 2.01. The second-order valence-electron chi connectivity index (χ2n) is 4.55. The van der Waals surface area contributed by atoms with Crippen molar-refractivity contribution in [2.45, 2.75) is 4.90 Å². The number of aromatic nitrogens is 2. The molecule has 0 fully saturated rings. The third kappa shape index (κ3) is 3.24. The second-order valence-corrected chi connectivity index (χ2v) is 5.39. The standard InChI is InChI=1S/C16H12FN3O2S/c1-23-13-9-5-3-7-11(13)15-19-20-16(22-15)18-14(21)10-6-2-4-8-12(10)17/h2-9H,1H3,(H,18,20,21). The minimum Gasteiger partial charge on any atom is -0.403 e. The first kappa shape index (κ1) is 15.2. The van der Waals surface area contributed by atoms with Crippen molar-refractivity contribution in [2.24, 2.45) is 0 Å². The molecule has 1 heterocycles. The quantitative estimate of drug-likeness (QED) is 0.736. The molecule has 0 aliphatic heterocycles. The van der Waals surface area contributed by atoms with Crippen molar-refractivity contribution in [2.75, 3.05) is 11.6 Å². The van der Waals surface area contributed by atoms with Crippen LogP contribution in [0.25, 0.3) is 11.5 Å². The molecule has 0 aliphatic carbocycles. The molecule has 1 amide bonds. The van der Waals surface area contributed by atoms with Gasteiger partial charge >= 0.3 is 6.01 Å². The van der Waals surface area contributed by atoms with Gasteiger partial charge < -0.3 is 4.42 Å². The topological polar surface area (TPSA) is 68.0 Å². The molecular weight excluding hydrogens is 317 g/mol. The lowest BCUT2D eigenvalue weighted by atomic mass is 10.2. The van der Waals surface area contributed by atoms with Gasteiger partial charge in [0.2, 0.25) is 0 Å². The van der Waals surface area contributed by atoms with Gasteiger partial charge in [-0.3, -0.25) is 10.1 Å². The molecular formula is C16H12FN3O2S. The molecule has 3 aromatic rings. The molecule has 1 N–H and O–H groups in total. The Labute approximate surface area is 135 Å². The fraction of sp³-hybridized carbons (Fsp3) is 0.0625. The van der Waals surface area contributed by atoms with E-state index in [9.17, 15) is 9.18 Å². The van der Waals surface area contributed by atoms with Crippen LogP contribution in [0.2, 0.25) is 0 Å². The minimum atomic E-state index is -0.642. The lowest BCUT2D eigenvalue weighted by molar-refractivity contribution is 0.102. The number of amides is 1. The van der Waals surface area contributed by atoms with E-state index in [0.717, 1.165) is 10.5 Å². The number of hydrogen-bond donors (Lipinski definition) is 1. The molecule has 7 heteroatoms. The second kappa shape index (κ2) is 6.62. The third-order valence-corrected chi connectivity index (χ3v) is 3.90.